The van der Waals surface area contributed by atoms with Crippen LogP contribution in [0.25, 0.3) is 0 Å². The second-order valence-corrected chi connectivity index (χ2v) is 6.50. The molecule has 0 radical (unpaired) electrons. The second-order valence-electron chi connectivity index (χ2n) is 5.62. The molecule has 2 rings (SSSR count). The molecule has 0 saturated carbocycles. The van der Waals surface area contributed by atoms with Crippen LogP contribution in [0.4, 0.5) is 18.0 Å². The van der Waals surface area contributed by atoms with Gasteiger partial charge >= 0.3 is 12.2 Å². The molecule has 5 nitrogen and oxygen atoms in total. The van der Waals surface area contributed by atoms with Gasteiger partial charge in [0, 0.05) is 30.2 Å². The van der Waals surface area contributed by atoms with E-state index < -0.39 is 17.8 Å². The molecule has 0 aliphatic heterocycles. The number of hydrogen-bond acceptors (Lipinski definition) is 4. The molecule has 2 amide bonds. The highest BCUT2D eigenvalue weighted by atomic mass is 32.2. The summed E-state index contributed by atoms with van der Waals surface area (Å²) in [7, 11) is 1.50. The normalized spacial score (nSPS) is 11.1. The SMILES string of the molecule is CCCN(Cc1ccccc1C(F)(F)F)C(=O)NSc1ccc(OC)nc1. The molecular weight excluding hydrogens is 379 g/mol. The number of ether oxygens (including phenoxy) is 1. The lowest BCUT2D eigenvalue weighted by atomic mass is 10.1. The van der Waals surface area contributed by atoms with Crippen molar-refractivity contribution in [3.8, 4) is 5.88 Å². The predicted octanol–water partition coefficient (Wildman–Crippen LogP) is 4.74. The monoisotopic (exact) mass is 399 g/mol. The van der Waals surface area contributed by atoms with Crippen LogP contribution in [-0.4, -0.2) is 29.6 Å². The molecule has 1 aromatic heterocycles. The average Bonchev–Trinajstić information content (AvgIpc) is 2.65. The predicted molar refractivity (Wildman–Crippen MR) is 97.3 cm³/mol. The first kappa shape index (κ1) is 20.9. The number of aromatic nitrogens is 1. The molecule has 0 aliphatic carbocycles. The fourth-order valence-electron chi connectivity index (χ4n) is 2.38. The van der Waals surface area contributed by atoms with Gasteiger partial charge in [-0.05, 0) is 36.1 Å². The number of urea groups is 1. The molecule has 0 bridgehead atoms. The van der Waals surface area contributed by atoms with Crippen molar-refractivity contribution in [1.82, 2.24) is 14.6 Å². The minimum absolute atomic E-state index is 0.0599. The Morgan fingerprint density at radius 1 is 1.26 bits per heavy atom. The quantitative estimate of drug-likeness (QED) is 0.684. The van der Waals surface area contributed by atoms with Crippen LogP contribution >= 0.6 is 11.9 Å². The summed E-state index contributed by atoms with van der Waals surface area (Å²) in [6.07, 6.45) is -2.31. The smallest absolute Gasteiger partial charge is 0.416 e. The second kappa shape index (κ2) is 9.50. The molecule has 1 aromatic carbocycles. The van der Waals surface area contributed by atoms with Crippen LogP contribution < -0.4 is 9.46 Å². The van der Waals surface area contributed by atoms with Crippen LogP contribution in [0.15, 0.2) is 47.5 Å². The third-order valence-electron chi connectivity index (χ3n) is 3.64. The number of methoxy groups -OCH3 is 1. The molecule has 1 N–H and O–H groups in total. The number of halogens is 3. The van der Waals surface area contributed by atoms with E-state index in [1.807, 2.05) is 6.92 Å². The fraction of sp³-hybridized carbons (Fsp3) is 0.333. The maximum atomic E-state index is 13.2. The highest BCUT2D eigenvalue weighted by molar-refractivity contribution is 7.98. The topological polar surface area (TPSA) is 54.5 Å². The van der Waals surface area contributed by atoms with Crippen molar-refractivity contribution >= 4 is 18.0 Å². The van der Waals surface area contributed by atoms with Crippen LogP contribution in [-0.2, 0) is 12.7 Å². The maximum Gasteiger partial charge on any atom is 0.416 e. The van der Waals surface area contributed by atoms with Gasteiger partial charge in [0.2, 0.25) is 5.88 Å². The molecule has 9 heteroatoms. The summed E-state index contributed by atoms with van der Waals surface area (Å²) in [6.45, 7) is 2.06. The molecule has 27 heavy (non-hydrogen) atoms. The number of alkyl halides is 3. The summed E-state index contributed by atoms with van der Waals surface area (Å²) in [5.41, 5.74) is -0.671. The zero-order valence-electron chi connectivity index (χ0n) is 14.9. The van der Waals surface area contributed by atoms with E-state index in [1.54, 1.807) is 12.1 Å². The van der Waals surface area contributed by atoms with Crippen LogP contribution in [0.5, 0.6) is 5.88 Å². The van der Waals surface area contributed by atoms with Gasteiger partial charge in [0.1, 0.15) is 0 Å². The first-order valence-electron chi connectivity index (χ1n) is 8.22. The van der Waals surface area contributed by atoms with Gasteiger partial charge < -0.3 is 9.64 Å². The molecule has 146 valence electrons. The Hall–Kier alpha value is -2.42. The van der Waals surface area contributed by atoms with Gasteiger partial charge in [0.15, 0.2) is 0 Å². The Morgan fingerprint density at radius 2 is 2.00 bits per heavy atom. The van der Waals surface area contributed by atoms with E-state index >= 15 is 0 Å². The van der Waals surface area contributed by atoms with Gasteiger partial charge in [0.05, 0.1) is 12.7 Å². The fourth-order valence-corrected chi connectivity index (χ4v) is 2.95. The summed E-state index contributed by atoms with van der Waals surface area (Å²) in [4.78, 5) is 18.5. The maximum absolute atomic E-state index is 13.2. The molecular formula is C18H20F3N3O2S. The Bertz CT molecular complexity index is 754. The number of hydrogen-bond donors (Lipinski definition) is 1. The summed E-state index contributed by atoms with van der Waals surface area (Å²) < 4.78 is 47.1. The van der Waals surface area contributed by atoms with E-state index in [1.165, 1.54) is 36.4 Å². The Morgan fingerprint density at radius 3 is 2.59 bits per heavy atom. The van der Waals surface area contributed by atoms with E-state index in [0.29, 0.717) is 23.7 Å². The van der Waals surface area contributed by atoms with Gasteiger partial charge in [-0.2, -0.15) is 13.2 Å². The van der Waals surface area contributed by atoms with Crippen molar-refractivity contribution in [3.05, 3.63) is 53.7 Å². The number of carbonyl (C=O) groups excluding carboxylic acids is 1. The van der Waals surface area contributed by atoms with E-state index in [4.69, 9.17) is 4.74 Å². The standard InChI is InChI=1S/C18H20F3N3O2S/c1-3-10-24(12-13-6-4-5-7-15(13)18(19,20)21)17(25)23-27-14-8-9-16(26-2)22-11-14/h4-9,11H,3,10,12H2,1-2H3,(H,23,25). The lowest BCUT2D eigenvalue weighted by Crippen LogP contribution is -2.37. The first-order valence-corrected chi connectivity index (χ1v) is 9.03. The highest BCUT2D eigenvalue weighted by Crippen LogP contribution is 2.32. The van der Waals surface area contributed by atoms with Crippen molar-refractivity contribution in [2.45, 2.75) is 31.0 Å². The first-order chi connectivity index (χ1) is 12.8. The van der Waals surface area contributed by atoms with Crippen LogP contribution in [0.2, 0.25) is 0 Å². The number of nitrogens with zero attached hydrogens (tertiary/aromatic N) is 2. The molecule has 0 fully saturated rings. The molecule has 0 unspecified atom stereocenters. The van der Waals surface area contributed by atoms with Gasteiger partial charge in [-0.15, -0.1) is 0 Å². The molecule has 0 aliphatic rings. The van der Waals surface area contributed by atoms with Gasteiger partial charge in [-0.1, -0.05) is 25.1 Å². The Labute approximate surface area is 160 Å². The average molecular weight is 399 g/mol. The zero-order chi connectivity index (χ0) is 19.9. The van der Waals surface area contributed by atoms with Crippen molar-refractivity contribution in [1.29, 1.82) is 0 Å². The summed E-state index contributed by atoms with van der Waals surface area (Å²) in [5.74, 6) is 0.446. The van der Waals surface area contributed by atoms with Gasteiger partial charge in [-0.25, -0.2) is 9.78 Å². The Balaban J connectivity index is 2.06. The largest absolute Gasteiger partial charge is 0.481 e. The number of pyridine rings is 1. The van der Waals surface area contributed by atoms with E-state index in [9.17, 15) is 18.0 Å². The lowest BCUT2D eigenvalue weighted by molar-refractivity contribution is -0.138. The third-order valence-corrected chi connectivity index (χ3v) is 4.39. The van der Waals surface area contributed by atoms with E-state index in [0.717, 1.165) is 18.0 Å². The van der Waals surface area contributed by atoms with Gasteiger partial charge in [0.25, 0.3) is 0 Å². The number of nitrogens with one attached hydrogen (secondary N) is 1. The highest BCUT2D eigenvalue weighted by Gasteiger charge is 2.33. The van der Waals surface area contributed by atoms with Crippen molar-refractivity contribution < 1.29 is 22.7 Å². The summed E-state index contributed by atoms with van der Waals surface area (Å²) >= 11 is 1.04. The summed E-state index contributed by atoms with van der Waals surface area (Å²) in [6, 6.07) is 8.19. The molecule has 0 spiro atoms. The lowest BCUT2D eigenvalue weighted by Gasteiger charge is -2.24. The minimum Gasteiger partial charge on any atom is -0.481 e. The van der Waals surface area contributed by atoms with E-state index in [2.05, 4.69) is 9.71 Å². The Kier molecular flexibility index (Phi) is 7.35. The van der Waals surface area contributed by atoms with Crippen LogP contribution in [0, 0.1) is 0 Å². The van der Waals surface area contributed by atoms with Crippen molar-refractivity contribution in [2.24, 2.45) is 0 Å². The molecule has 0 saturated heterocycles. The van der Waals surface area contributed by atoms with Crippen molar-refractivity contribution in [3.63, 3.8) is 0 Å². The number of carbonyl (C=O) groups is 1. The zero-order valence-corrected chi connectivity index (χ0v) is 15.7. The van der Waals surface area contributed by atoms with E-state index in [-0.39, 0.29) is 12.1 Å². The van der Waals surface area contributed by atoms with Crippen LogP contribution in [0.1, 0.15) is 24.5 Å². The molecule has 1 heterocycles. The minimum atomic E-state index is -4.46. The number of amides is 2. The molecule has 0 atom stereocenters. The molecule has 2 aromatic rings. The summed E-state index contributed by atoms with van der Waals surface area (Å²) in [5, 5.41) is 0. The third kappa shape index (κ3) is 6.06. The number of benzene rings is 1. The van der Waals surface area contributed by atoms with Crippen LogP contribution in [0.3, 0.4) is 0 Å². The van der Waals surface area contributed by atoms with Crippen molar-refractivity contribution in [2.75, 3.05) is 13.7 Å². The van der Waals surface area contributed by atoms with Gasteiger partial charge in [-0.3, -0.25) is 4.72 Å². The number of rotatable bonds is 7.